The van der Waals surface area contributed by atoms with Crippen LogP contribution in [0.25, 0.3) is 0 Å². The van der Waals surface area contributed by atoms with Crippen LogP contribution < -0.4 is 4.72 Å². The maximum Gasteiger partial charge on any atom is 0.240 e. The fourth-order valence-corrected chi connectivity index (χ4v) is 5.14. The second-order valence-corrected chi connectivity index (χ2v) is 8.17. The summed E-state index contributed by atoms with van der Waals surface area (Å²) in [4.78, 5) is 1.46. The SMILES string of the molecule is CSc1ccc(S(=O)(=O)N[C@@H]2C[C@H]3CC[C@H]2C3)cc1. The molecular formula is C14H19NO2S2. The lowest BCUT2D eigenvalue weighted by Gasteiger charge is -2.22. The van der Waals surface area contributed by atoms with Crippen molar-refractivity contribution < 1.29 is 8.42 Å². The van der Waals surface area contributed by atoms with Gasteiger partial charge < -0.3 is 0 Å². The highest BCUT2D eigenvalue weighted by Crippen LogP contribution is 2.44. The smallest absolute Gasteiger partial charge is 0.208 e. The highest BCUT2D eigenvalue weighted by molar-refractivity contribution is 7.98. The molecule has 3 atom stereocenters. The van der Waals surface area contributed by atoms with Crippen molar-refractivity contribution in [3.8, 4) is 0 Å². The van der Waals surface area contributed by atoms with Crippen LogP contribution in [0.4, 0.5) is 0 Å². The van der Waals surface area contributed by atoms with Gasteiger partial charge in [0.2, 0.25) is 10.0 Å². The molecule has 0 aliphatic heterocycles. The molecule has 0 aromatic heterocycles. The van der Waals surface area contributed by atoms with Crippen molar-refractivity contribution in [2.45, 2.75) is 41.5 Å². The molecule has 2 fully saturated rings. The molecule has 0 saturated heterocycles. The molecule has 3 rings (SSSR count). The van der Waals surface area contributed by atoms with Gasteiger partial charge in [-0.2, -0.15) is 0 Å². The molecule has 0 radical (unpaired) electrons. The van der Waals surface area contributed by atoms with Gasteiger partial charge in [-0.15, -0.1) is 11.8 Å². The lowest BCUT2D eigenvalue weighted by molar-refractivity contribution is 0.390. The number of fused-ring (bicyclic) bond motifs is 2. The van der Waals surface area contributed by atoms with Crippen LogP contribution >= 0.6 is 11.8 Å². The van der Waals surface area contributed by atoms with Gasteiger partial charge >= 0.3 is 0 Å². The normalized spacial score (nSPS) is 29.8. The monoisotopic (exact) mass is 297 g/mol. The van der Waals surface area contributed by atoms with Gasteiger partial charge in [-0.25, -0.2) is 13.1 Å². The first kappa shape index (κ1) is 13.5. The van der Waals surface area contributed by atoms with Crippen LogP contribution in [0.1, 0.15) is 25.7 Å². The number of rotatable bonds is 4. The molecule has 1 N–H and O–H groups in total. The summed E-state index contributed by atoms with van der Waals surface area (Å²) >= 11 is 1.62. The van der Waals surface area contributed by atoms with Gasteiger partial charge in [-0.1, -0.05) is 6.42 Å². The first-order chi connectivity index (χ1) is 9.08. The summed E-state index contributed by atoms with van der Waals surface area (Å²) in [6.07, 6.45) is 6.68. The van der Waals surface area contributed by atoms with E-state index in [2.05, 4.69) is 4.72 Å². The van der Waals surface area contributed by atoms with Crippen LogP contribution in [0.3, 0.4) is 0 Å². The van der Waals surface area contributed by atoms with Crippen molar-refractivity contribution in [2.75, 3.05) is 6.26 Å². The van der Waals surface area contributed by atoms with Crippen LogP contribution in [0.15, 0.2) is 34.1 Å². The molecule has 1 aromatic carbocycles. The fraction of sp³-hybridized carbons (Fsp3) is 0.571. The Hall–Kier alpha value is -0.520. The molecule has 1 aromatic rings. The quantitative estimate of drug-likeness (QED) is 0.869. The minimum atomic E-state index is -3.35. The minimum absolute atomic E-state index is 0.156. The largest absolute Gasteiger partial charge is 0.240 e. The molecule has 2 saturated carbocycles. The molecule has 5 heteroatoms. The van der Waals surface area contributed by atoms with Crippen molar-refractivity contribution in [1.82, 2.24) is 4.72 Å². The number of sulfonamides is 1. The van der Waals surface area contributed by atoms with Crippen molar-refractivity contribution in [3.05, 3.63) is 24.3 Å². The van der Waals surface area contributed by atoms with E-state index < -0.39 is 10.0 Å². The molecular weight excluding hydrogens is 278 g/mol. The van der Waals surface area contributed by atoms with Crippen LogP contribution in [0, 0.1) is 11.8 Å². The molecule has 2 bridgehead atoms. The molecule has 2 aliphatic rings. The average Bonchev–Trinajstić information content (AvgIpc) is 3.00. The first-order valence-corrected chi connectivity index (χ1v) is 9.45. The maximum absolute atomic E-state index is 12.3. The summed E-state index contributed by atoms with van der Waals surface area (Å²) in [6.45, 7) is 0. The number of nitrogens with one attached hydrogen (secondary N) is 1. The molecule has 19 heavy (non-hydrogen) atoms. The average molecular weight is 297 g/mol. The molecule has 0 amide bonds. The number of thioether (sulfide) groups is 1. The van der Waals surface area contributed by atoms with E-state index in [1.165, 1.54) is 19.3 Å². The van der Waals surface area contributed by atoms with Gasteiger partial charge in [-0.05, 0) is 61.6 Å². The summed E-state index contributed by atoms with van der Waals surface area (Å²) in [6, 6.07) is 7.27. The number of hydrogen-bond acceptors (Lipinski definition) is 3. The number of benzene rings is 1. The van der Waals surface area contributed by atoms with Crippen molar-refractivity contribution in [1.29, 1.82) is 0 Å². The predicted molar refractivity (Wildman–Crippen MR) is 77.8 cm³/mol. The van der Waals surface area contributed by atoms with Gasteiger partial charge in [0.1, 0.15) is 0 Å². The van der Waals surface area contributed by atoms with Crippen LogP contribution in [0.5, 0.6) is 0 Å². The Morgan fingerprint density at radius 2 is 1.89 bits per heavy atom. The van der Waals surface area contributed by atoms with Gasteiger partial charge in [-0.3, -0.25) is 0 Å². The van der Waals surface area contributed by atoms with Crippen LogP contribution in [-0.4, -0.2) is 20.7 Å². The van der Waals surface area contributed by atoms with Crippen LogP contribution in [-0.2, 0) is 10.0 Å². The summed E-state index contributed by atoms with van der Waals surface area (Å²) in [5.74, 6) is 1.31. The summed E-state index contributed by atoms with van der Waals surface area (Å²) in [5.41, 5.74) is 0. The lowest BCUT2D eigenvalue weighted by atomic mass is 9.96. The topological polar surface area (TPSA) is 46.2 Å². The second-order valence-electron chi connectivity index (χ2n) is 5.58. The van der Waals surface area contributed by atoms with Crippen LogP contribution in [0.2, 0.25) is 0 Å². The highest BCUT2D eigenvalue weighted by Gasteiger charge is 2.41. The molecule has 0 heterocycles. The van der Waals surface area contributed by atoms with Gasteiger partial charge in [0.25, 0.3) is 0 Å². The number of hydrogen-bond donors (Lipinski definition) is 1. The van der Waals surface area contributed by atoms with E-state index in [0.717, 1.165) is 17.2 Å². The lowest BCUT2D eigenvalue weighted by Crippen LogP contribution is -2.38. The van der Waals surface area contributed by atoms with Crippen molar-refractivity contribution in [2.24, 2.45) is 11.8 Å². The molecule has 0 spiro atoms. The Bertz CT molecular complexity index is 553. The minimum Gasteiger partial charge on any atom is -0.208 e. The van der Waals surface area contributed by atoms with Crippen molar-refractivity contribution in [3.63, 3.8) is 0 Å². The zero-order valence-electron chi connectivity index (χ0n) is 11.0. The Morgan fingerprint density at radius 3 is 2.42 bits per heavy atom. The third-order valence-electron chi connectivity index (χ3n) is 4.41. The zero-order valence-corrected chi connectivity index (χ0v) is 12.6. The first-order valence-electron chi connectivity index (χ1n) is 6.75. The second kappa shape index (κ2) is 5.11. The molecule has 2 aliphatic carbocycles. The Labute approximate surface area is 119 Å². The van der Waals surface area contributed by atoms with E-state index in [9.17, 15) is 8.42 Å². The van der Waals surface area contributed by atoms with Crippen molar-refractivity contribution >= 4 is 21.8 Å². The molecule has 0 unspecified atom stereocenters. The Balaban J connectivity index is 1.75. The van der Waals surface area contributed by atoms with E-state index >= 15 is 0 Å². The molecule has 3 nitrogen and oxygen atoms in total. The summed E-state index contributed by atoms with van der Waals surface area (Å²) < 4.78 is 27.6. The van der Waals surface area contributed by atoms with E-state index in [4.69, 9.17) is 0 Å². The van der Waals surface area contributed by atoms with E-state index in [1.54, 1.807) is 23.9 Å². The standard InChI is InChI=1S/C14H19NO2S2/c1-18-12-4-6-13(7-5-12)19(16,17)15-14-9-10-2-3-11(14)8-10/h4-7,10-11,14-15H,2-3,8-9H2,1H3/t10-,11-,14+/m0/s1. The van der Waals surface area contributed by atoms with E-state index in [1.807, 2.05) is 18.4 Å². The summed E-state index contributed by atoms with van der Waals surface area (Å²) in [5, 5.41) is 0. The zero-order chi connectivity index (χ0) is 13.5. The third kappa shape index (κ3) is 2.69. The third-order valence-corrected chi connectivity index (χ3v) is 6.66. The van der Waals surface area contributed by atoms with Gasteiger partial charge in [0.15, 0.2) is 0 Å². The maximum atomic E-state index is 12.3. The molecule has 104 valence electrons. The highest BCUT2D eigenvalue weighted by atomic mass is 32.2. The van der Waals surface area contributed by atoms with E-state index in [-0.39, 0.29) is 6.04 Å². The fourth-order valence-electron chi connectivity index (χ4n) is 3.41. The summed E-state index contributed by atoms with van der Waals surface area (Å²) in [7, 11) is -3.35. The Morgan fingerprint density at radius 1 is 1.16 bits per heavy atom. The predicted octanol–water partition coefficient (Wildman–Crippen LogP) is 2.88. The van der Waals surface area contributed by atoms with Gasteiger partial charge in [0.05, 0.1) is 4.90 Å². The van der Waals surface area contributed by atoms with Gasteiger partial charge in [0, 0.05) is 10.9 Å². The Kier molecular flexibility index (Phi) is 3.62. The van der Waals surface area contributed by atoms with E-state index in [0.29, 0.717) is 10.8 Å².